The molecule has 224 valence electrons. The number of hydrogen-bond acceptors (Lipinski definition) is 4. The second kappa shape index (κ2) is 14.5. The zero-order chi connectivity index (χ0) is 30.3. The topological polar surface area (TPSA) is 86.8 Å². The van der Waals surface area contributed by atoms with Gasteiger partial charge in [0.15, 0.2) is 0 Å². The van der Waals surface area contributed by atoms with E-state index in [1.165, 1.54) is 4.90 Å². The average molecular weight is 675 g/mol. The molecule has 3 aromatic rings. The number of sulfonamides is 1. The van der Waals surface area contributed by atoms with Crippen LogP contribution in [0, 0.1) is 6.92 Å². The molecule has 0 unspecified atom stereocenters. The van der Waals surface area contributed by atoms with E-state index in [1.807, 2.05) is 54.6 Å². The second-order valence-electron chi connectivity index (χ2n) is 10.9. The maximum atomic E-state index is 14.3. The third kappa shape index (κ3) is 8.82. The number of rotatable bonds is 11. The van der Waals surface area contributed by atoms with Crippen LogP contribution in [0.1, 0.15) is 48.8 Å². The summed E-state index contributed by atoms with van der Waals surface area (Å²) in [4.78, 5) is 29.8. The van der Waals surface area contributed by atoms with Crippen molar-refractivity contribution in [1.29, 1.82) is 0 Å². The highest BCUT2D eigenvalue weighted by molar-refractivity contribution is 9.10. The first-order valence-corrected chi connectivity index (χ1v) is 17.2. The Morgan fingerprint density at radius 3 is 2.26 bits per heavy atom. The molecule has 0 aromatic heterocycles. The molecule has 1 fully saturated rings. The summed E-state index contributed by atoms with van der Waals surface area (Å²) in [7, 11) is -3.85. The summed E-state index contributed by atoms with van der Waals surface area (Å²) >= 11 is 9.59. The van der Waals surface area contributed by atoms with Crippen LogP contribution in [-0.2, 0) is 32.6 Å². The van der Waals surface area contributed by atoms with E-state index in [-0.39, 0.29) is 18.5 Å². The molecule has 1 saturated carbocycles. The molecule has 3 aromatic carbocycles. The monoisotopic (exact) mass is 673 g/mol. The van der Waals surface area contributed by atoms with E-state index >= 15 is 0 Å². The predicted octanol–water partition coefficient (Wildman–Crippen LogP) is 6.27. The minimum absolute atomic E-state index is 0.0541. The molecule has 42 heavy (non-hydrogen) atoms. The first-order valence-electron chi connectivity index (χ1n) is 14.1. The molecule has 0 saturated heterocycles. The Morgan fingerprint density at radius 1 is 0.976 bits per heavy atom. The lowest BCUT2D eigenvalue weighted by molar-refractivity contribution is -0.140. The molecule has 1 aliphatic rings. The number of nitrogens with one attached hydrogen (secondary N) is 1. The predicted molar refractivity (Wildman–Crippen MR) is 172 cm³/mol. The first kappa shape index (κ1) is 32.0. The Hall–Kier alpha value is -2.88. The minimum Gasteiger partial charge on any atom is -0.352 e. The molecule has 1 aliphatic carbocycles. The summed E-state index contributed by atoms with van der Waals surface area (Å²) in [6, 6.07) is 21.2. The van der Waals surface area contributed by atoms with E-state index in [0.717, 1.165) is 58.3 Å². The van der Waals surface area contributed by atoms with Crippen molar-refractivity contribution in [2.24, 2.45) is 0 Å². The highest BCUT2D eigenvalue weighted by Crippen LogP contribution is 2.27. The fraction of sp³-hybridized carbons (Fsp3) is 0.375. The highest BCUT2D eigenvalue weighted by Gasteiger charge is 2.34. The smallest absolute Gasteiger partial charge is 0.244 e. The Bertz CT molecular complexity index is 1480. The van der Waals surface area contributed by atoms with Crippen LogP contribution in [0.3, 0.4) is 0 Å². The van der Waals surface area contributed by atoms with E-state index in [4.69, 9.17) is 11.6 Å². The third-order valence-corrected chi connectivity index (χ3v) is 9.49. The Morgan fingerprint density at radius 2 is 1.64 bits per heavy atom. The maximum absolute atomic E-state index is 14.3. The number of nitrogens with zero attached hydrogens (tertiary/aromatic N) is 2. The zero-order valence-electron chi connectivity index (χ0n) is 23.9. The summed E-state index contributed by atoms with van der Waals surface area (Å²) in [6.45, 7) is 1.43. The van der Waals surface area contributed by atoms with Gasteiger partial charge in [0.1, 0.15) is 12.6 Å². The van der Waals surface area contributed by atoms with E-state index in [0.29, 0.717) is 22.7 Å². The van der Waals surface area contributed by atoms with Crippen LogP contribution in [0.4, 0.5) is 5.69 Å². The fourth-order valence-electron chi connectivity index (χ4n) is 5.38. The van der Waals surface area contributed by atoms with Gasteiger partial charge in [-0.3, -0.25) is 13.9 Å². The molecular formula is C32H37BrClN3O4S. The van der Waals surface area contributed by atoms with Gasteiger partial charge in [-0.1, -0.05) is 89.3 Å². The van der Waals surface area contributed by atoms with Crippen molar-refractivity contribution in [3.63, 3.8) is 0 Å². The summed E-state index contributed by atoms with van der Waals surface area (Å²) < 4.78 is 28.0. The van der Waals surface area contributed by atoms with Crippen LogP contribution < -0.4 is 9.62 Å². The largest absolute Gasteiger partial charge is 0.352 e. The number of halogens is 2. The molecule has 10 heteroatoms. The number of anilines is 1. The van der Waals surface area contributed by atoms with E-state index < -0.39 is 28.5 Å². The van der Waals surface area contributed by atoms with Crippen molar-refractivity contribution in [3.05, 3.63) is 99.0 Å². The SMILES string of the molecule is Cc1cc(Cl)ccc1N(CC(=O)N(Cc1ccc(Br)cc1)[C@H](Cc1ccccc1)C(=O)NC1CCCCC1)S(C)(=O)=O. The number of carbonyl (C=O) groups excluding carboxylic acids is 2. The number of benzene rings is 3. The van der Waals surface area contributed by atoms with Crippen LogP contribution in [0.5, 0.6) is 0 Å². The van der Waals surface area contributed by atoms with Crippen LogP contribution in [0.2, 0.25) is 5.02 Å². The lowest BCUT2D eigenvalue weighted by Gasteiger charge is -2.35. The number of amides is 2. The van der Waals surface area contributed by atoms with Crippen molar-refractivity contribution in [2.75, 3.05) is 17.1 Å². The van der Waals surface area contributed by atoms with Crippen molar-refractivity contribution in [3.8, 4) is 0 Å². The lowest BCUT2D eigenvalue weighted by atomic mass is 9.94. The molecule has 2 amide bonds. The Kier molecular flexibility index (Phi) is 11.1. The Balaban J connectivity index is 1.73. The number of aryl methyl sites for hydroxylation is 1. The van der Waals surface area contributed by atoms with Crippen molar-refractivity contribution in [2.45, 2.75) is 64.1 Å². The third-order valence-electron chi connectivity index (χ3n) is 7.60. The van der Waals surface area contributed by atoms with Crippen LogP contribution in [0.15, 0.2) is 77.3 Å². The van der Waals surface area contributed by atoms with Crippen molar-refractivity contribution >= 4 is 55.1 Å². The van der Waals surface area contributed by atoms with Gasteiger partial charge in [-0.25, -0.2) is 8.42 Å². The Labute approximate surface area is 262 Å². The van der Waals surface area contributed by atoms with E-state index in [1.54, 1.807) is 25.1 Å². The molecular weight excluding hydrogens is 638 g/mol. The van der Waals surface area contributed by atoms with Gasteiger partial charge in [-0.2, -0.15) is 0 Å². The maximum Gasteiger partial charge on any atom is 0.244 e. The minimum atomic E-state index is -3.85. The van der Waals surface area contributed by atoms with Gasteiger partial charge >= 0.3 is 0 Å². The molecule has 7 nitrogen and oxygen atoms in total. The quantitative estimate of drug-likeness (QED) is 0.260. The summed E-state index contributed by atoms with van der Waals surface area (Å²) in [6.07, 6.45) is 6.44. The van der Waals surface area contributed by atoms with Gasteiger partial charge in [0, 0.05) is 28.5 Å². The van der Waals surface area contributed by atoms with Crippen LogP contribution in [0.25, 0.3) is 0 Å². The van der Waals surface area contributed by atoms with E-state index in [2.05, 4.69) is 21.2 Å². The summed E-state index contributed by atoms with van der Waals surface area (Å²) in [5, 5.41) is 3.68. The number of carbonyl (C=O) groups is 2. The first-order chi connectivity index (χ1) is 20.0. The molecule has 1 N–H and O–H groups in total. The van der Waals surface area contributed by atoms with Gasteiger partial charge in [0.05, 0.1) is 11.9 Å². The molecule has 0 bridgehead atoms. The summed E-state index contributed by atoms with van der Waals surface area (Å²) in [5.41, 5.74) is 2.72. The van der Waals surface area contributed by atoms with Crippen LogP contribution >= 0.6 is 27.5 Å². The normalized spacial score (nSPS) is 14.7. The highest BCUT2D eigenvalue weighted by atomic mass is 79.9. The van der Waals surface area contributed by atoms with E-state index in [9.17, 15) is 18.0 Å². The molecule has 0 spiro atoms. The van der Waals surface area contributed by atoms with Crippen molar-refractivity contribution in [1.82, 2.24) is 10.2 Å². The molecule has 0 heterocycles. The van der Waals surface area contributed by atoms with Gasteiger partial charge in [-0.05, 0) is 66.8 Å². The standard InChI is InChI=1S/C32H37BrClN3O4S/c1-23-19-27(34)17-18-29(23)37(42(2,40)41)22-31(38)36(21-25-13-15-26(33)16-14-25)30(20-24-9-5-3-6-10-24)32(39)35-28-11-7-4-8-12-28/h3,5-6,9-10,13-19,28,30H,4,7-8,11-12,20-22H2,1-2H3,(H,35,39)/t30-/m1/s1. The molecule has 1 atom stereocenters. The van der Waals surface area contributed by atoms with Gasteiger partial charge < -0.3 is 10.2 Å². The molecule has 0 aliphatic heterocycles. The fourth-order valence-corrected chi connectivity index (χ4v) is 6.78. The second-order valence-corrected chi connectivity index (χ2v) is 14.2. The molecule has 0 radical (unpaired) electrons. The van der Waals surface area contributed by atoms with Crippen LogP contribution in [-0.4, -0.2) is 50.0 Å². The van der Waals surface area contributed by atoms with Gasteiger partial charge in [-0.15, -0.1) is 0 Å². The van der Waals surface area contributed by atoms with Gasteiger partial charge in [0.25, 0.3) is 0 Å². The van der Waals surface area contributed by atoms with Gasteiger partial charge in [0.2, 0.25) is 21.8 Å². The average Bonchev–Trinajstić information content (AvgIpc) is 2.95. The summed E-state index contributed by atoms with van der Waals surface area (Å²) in [5.74, 6) is -0.706. The van der Waals surface area contributed by atoms with Crippen molar-refractivity contribution < 1.29 is 18.0 Å². The number of hydrogen-bond donors (Lipinski definition) is 1. The molecule has 4 rings (SSSR count). The lowest BCUT2D eigenvalue weighted by Crippen LogP contribution is -2.55. The zero-order valence-corrected chi connectivity index (χ0v) is 27.1.